The van der Waals surface area contributed by atoms with E-state index < -0.39 is 0 Å². The molecule has 0 saturated heterocycles. The second-order valence-electron chi connectivity index (χ2n) is 5.14. The minimum atomic E-state index is -0.127. The molecule has 1 amide bonds. The van der Waals surface area contributed by atoms with Crippen LogP contribution in [0.3, 0.4) is 0 Å². The smallest absolute Gasteiger partial charge is 0.231 e. The van der Waals surface area contributed by atoms with Crippen molar-refractivity contribution in [3.05, 3.63) is 16.9 Å². The number of carbonyl (C=O) groups excluding carboxylic acids is 1. The fourth-order valence-electron chi connectivity index (χ4n) is 1.95. The van der Waals surface area contributed by atoms with Crippen molar-refractivity contribution in [2.24, 2.45) is 17.6 Å². The summed E-state index contributed by atoms with van der Waals surface area (Å²) in [7, 11) is 0. The van der Waals surface area contributed by atoms with E-state index in [9.17, 15) is 4.79 Å². The molecule has 1 rings (SSSR count). The Morgan fingerprint density at radius 1 is 1.47 bits per heavy atom. The lowest BCUT2D eigenvalue weighted by atomic mass is 9.94. The summed E-state index contributed by atoms with van der Waals surface area (Å²) in [6.07, 6.45) is 1.31. The van der Waals surface area contributed by atoms with Gasteiger partial charge in [0, 0.05) is 12.1 Å². The largest absolute Gasteiger partial charge is 0.330 e. The molecule has 106 valence electrons. The molecule has 0 saturated carbocycles. The van der Waals surface area contributed by atoms with E-state index in [1.807, 2.05) is 0 Å². The van der Waals surface area contributed by atoms with Crippen LogP contribution in [0.5, 0.6) is 0 Å². The average molecular weight is 285 g/mol. The van der Waals surface area contributed by atoms with E-state index in [1.54, 1.807) is 13.0 Å². The molecule has 0 fully saturated rings. The van der Waals surface area contributed by atoms with Crippen molar-refractivity contribution >= 4 is 23.5 Å². The van der Waals surface area contributed by atoms with Gasteiger partial charge in [-0.05, 0) is 37.8 Å². The van der Waals surface area contributed by atoms with Gasteiger partial charge in [-0.2, -0.15) is 0 Å². The summed E-state index contributed by atoms with van der Waals surface area (Å²) in [6, 6.07) is 1.64. The van der Waals surface area contributed by atoms with Crippen molar-refractivity contribution in [1.82, 2.24) is 9.97 Å². The molecule has 0 radical (unpaired) electrons. The lowest BCUT2D eigenvalue weighted by molar-refractivity contribution is -0.117. The van der Waals surface area contributed by atoms with Crippen molar-refractivity contribution < 1.29 is 4.79 Å². The Labute approximate surface area is 119 Å². The summed E-state index contributed by atoms with van der Waals surface area (Å²) in [6.45, 7) is 6.53. The summed E-state index contributed by atoms with van der Waals surface area (Å²) in [5.74, 6) is 0.819. The maximum Gasteiger partial charge on any atom is 0.231 e. The summed E-state index contributed by atoms with van der Waals surface area (Å²) in [4.78, 5) is 20.0. The van der Waals surface area contributed by atoms with E-state index in [4.69, 9.17) is 17.3 Å². The molecule has 0 aliphatic heterocycles. The Balaban J connectivity index is 2.58. The van der Waals surface area contributed by atoms with Crippen LogP contribution < -0.4 is 11.1 Å². The third kappa shape index (κ3) is 5.98. The standard InChI is InChI=1S/C13H21ClN4O/c1-8(2)4-10(7-15)6-12(19)18-13-16-9(3)5-11(14)17-13/h5,8,10H,4,6-7,15H2,1-3H3,(H,16,17,18,19)/t10-/m0/s1. The molecule has 0 aliphatic rings. The minimum absolute atomic E-state index is 0.127. The van der Waals surface area contributed by atoms with E-state index in [0.717, 1.165) is 6.42 Å². The third-order valence-electron chi connectivity index (χ3n) is 2.69. The molecule has 5 nitrogen and oxygen atoms in total. The van der Waals surface area contributed by atoms with Crippen molar-refractivity contribution in [2.75, 3.05) is 11.9 Å². The molecule has 1 aromatic rings. The summed E-state index contributed by atoms with van der Waals surface area (Å²) in [5, 5.41) is 2.98. The molecule has 1 atom stereocenters. The highest BCUT2D eigenvalue weighted by Crippen LogP contribution is 2.15. The number of hydrogen-bond donors (Lipinski definition) is 2. The molecule has 19 heavy (non-hydrogen) atoms. The zero-order chi connectivity index (χ0) is 14.4. The zero-order valence-electron chi connectivity index (χ0n) is 11.6. The number of nitrogens with zero attached hydrogens (tertiary/aromatic N) is 2. The van der Waals surface area contributed by atoms with Crippen LogP contribution in [0.25, 0.3) is 0 Å². The van der Waals surface area contributed by atoms with Gasteiger partial charge in [0.2, 0.25) is 11.9 Å². The van der Waals surface area contributed by atoms with Crippen LogP contribution in [0.15, 0.2) is 6.07 Å². The maximum absolute atomic E-state index is 11.9. The number of anilines is 1. The highest BCUT2D eigenvalue weighted by atomic mass is 35.5. The summed E-state index contributed by atoms with van der Waals surface area (Å²) < 4.78 is 0. The molecule has 3 N–H and O–H groups in total. The number of aromatic nitrogens is 2. The molecule has 1 heterocycles. The Morgan fingerprint density at radius 2 is 2.16 bits per heavy atom. The fourth-order valence-corrected chi connectivity index (χ4v) is 2.19. The number of hydrogen-bond acceptors (Lipinski definition) is 4. The van der Waals surface area contributed by atoms with Gasteiger partial charge in [-0.1, -0.05) is 25.4 Å². The van der Waals surface area contributed by atoms with Gasteiger partial charge in [-0.3, -0.25) is 10.1 Å². The third-order valence-corrected chi connectivity index (χ3v) is 2.88. The van der Waals surface area contributed by atoms with E-state index >= 15 is 0 Å². The van der Waals surface area contributed by atoms with Crippen LogP contribution in [0.2, 0.25) is 5.15 Å². The van der Waals surface area contributed by atoms with Crippen molar-refractivity contribution in [3.8, 4) is 0 Å². The molecule has 0 aliphatic carbocycles. The second kappa shape index (κ2) is 7.40. The van der Waals surface area contributed by atoms with E-state index in [1.165, 1.54) is 0 Å². The lowest BCUT2D eigenvalue weighted by Gasteiger charge is -2.16. The molecule has 0 bridgehead atoms. The highest BCUT2D eigenvalue weighted by Gasteiger charge is 2.15. The number of rotatable bonds is 6. The Morgan fingerprint density at radius 3 is 2.68 bits per heavy atom. The minimum Gasteiger partial charge on any atom is -0.330 e. The van der Waals surface area contributed by atoms with Crippen molar-refractivity contribution in [1.29, 1.82) is 0 Å². The van der Waals surface area contributed by atoms with E-state index in [-0.39, 0.29) is 17.8 Å². The van der Waals surface area contributed by atoms with E-state index in [2.05, 4.69) is 29.1 Å². The predicted octanol–water partition coefficient (Wildman–Crippen LogP) is 2.39. The zero-order valence-corrected chi connectivity index (χ0v) is 12.4. The molecular formula is C13H21ClN4O. The van der Waals surface area contributed by atoms with Gasteiger partial charge < -0.3 is 5.73 Å². The van der Waals surface area contributed by atoms with Gasteiger partial charge in [0.05, 0.1) is 0 Å². The molecule has 0 aromatic carbocycles. The quantitative estimate of drug-likeness (QED) is 0.786. The predicted molar refractivity (Wildman–Crippen MR) is 77.0 cm³/mol. The van der Waals surface area contributed by atoms with Crippen LogP contribution in [0.4, 0.5) is 5.95 Å². The van der Waals surface area contributed by atoms with Crippen LogP contribution in [0.1, 0.15) is 32.4 Å². The van der Waals surface area contributed by atoms with Gasteiger partial charge in [0.25, 0.3) is 0 Å². The number of halogens is 1. The van der Waals surface area contributed by atoms with Crippen LogP contribution in [0, 0.1) is 18.8 Å². The SMILES string of the molecule is Cc1cc(Cl)nc(NC(=O)C[C@@H](CN)CC(C)C)n1. The molecular weight excluding hydrogens is 264 g/mol. The Hall–Kier alpha value is -1.20. The van der Waals surface area contributed by atoms with Gasteiger partial charge in [0.1, 0.15) is 5.15 Å². The highest BCUT2D eigenvalue weighted by molar-refractivity contribution is 6.29. The molecule has 0 unspecified atom stereocenters. The Kier molecular flexibility index (Phi) is 6.18. The first-order valence-electron chi connectivity index (χ1n) is 6.41. The average Bonchev–Trinajstić information content (AvgIpc) is 2.25. The molecule has 6 heteroatoms. The van der Waals surface area contributed by atoms with Gasteiger partial charge in [-0.15, -0.1) is 0 Å². The first kappa shape index (κ1) is 15.9. The Bertz CT molecular complexity index is 416. The van der Waals surface area contributed by atoms with Crippen molar-refractivity contribution in [3.63, 3.8) is 0 Å². The topological polar surface area (TPSA) is 80.9 Å². The summed E-state index contributed by atoms with van der Waals surface area (Å²) in [5.41, 5.74) is 6.39. The van der Waals surface area contributed by atoms with Crippen LogP contribution in [-0.4, -0.2) is 22.4 Å². The first-order chi connectivity index (χ1) is 8.90. The second-order valence-corrected chi connectivity index (χ2v) is 5.53. The molecule has 0 spiro atoms. The van der Waals surface area contributed by atoms with Gasteiger partial charge in [-0.25, -0.2) is 9.97 Å². The van der Waals surface area contributed by atoms with Crippen LogP contribution >= 0.6 is 11.6 Å². The van der Waals surface area contributed by atoms with Gasteiger partial charge >= 0.3 is 0 Å². The normalized spacial score (nSPS) is 12.5. The maximum atomic E-state index is 11.9. The first-order valence-corrected chi connectivity index (χ1v) is 6.79. The van der Waals surface area contributed by atoms with E-state index in [0.29, 0.717) is 29.7 Å². The number of carbonyl (C=O) groups is 1. The number of aryl methyl sites for hydroxylation is 1. The number of nitrogens with two attached hydrogens (primary N) is 1. The van der Waals surface area contributed by atoms with Gasteiger partial charge in [0.15, 0.2) is 0 Å². The number of nitrogens with one attached hydrogen (secondary N) is 1. The van der Waals surface area contributed by atoms with Crippen molar-refractivity contribution in [2.45, 2.75) is 33.6 Å². The number of amides is 1. The monoisotopic (exact) mass is 284 g/mol. The fraction of sp³-hybridized carbons (Fsp3) is 0.615. The summed E-state index contributed by atoms with van der Waals surface area (Å²) >= 11 is 5.81. The molecule has 1 aromatic heterocycles. The van der Waals surface area contributed by atoms with Crippen LogP contribution in [-0.2, 0) is 4.79 Å². The lowest BCUT2D eigenvalue weighted by Crippen LogP contribution is -2.24.